The first kappa shape index (κ1) is 13.3. The second-order valence-electron chi connectivity index (χ2n) is 4.85. The fourth-order valence-electron chi connectivity index (χ4n) is 2.48. The third-order valence-corrected chi connectivity index (χ3v) is 3.62. The second-order valence-corrected chi connectivity index (χ2v) is 4.85. The van der Waals surface area contributed by atoms with Gasteiger partial charge >= 0.3 is 0 Å². The zero-order valence-electron chi connectivity index (χ0n) is 10.7. The summed E-state index contributed by atoms with van der Waals surface area (Å²) in [6, 6.07) is -0.315. The van der Waals surface area contributed by atoms with Crippen LogP contribution in [0.4, 0.5) is 0 Å². The van der Waals surface area contributed by atoms with Crippen LogP contribution in [0.2, 0.25) is 0 Å². The Labute approximate surface area is 107 Å². The number of rotatable bonds is 4. The number of hydrogen-bond donors (Lipinski definition) is 3. The molecule has 3 atom stereocenters. The first-order valence-corrected chi connectivity index (χ1v) is 6.60. The summed E-state index contributed by atoms with van der Waals surface area (Å²) in [5, 5.41) is 8.53. The number of carbonyl (C=O) groups is 2. The predicted octanol–water partition coefficient (Wildman–Crippen LogP) is -0.994. The fraction of sp³-hybridized carbons (Fsp3) is 0.833. The van der Waals surface area contributed by atoms with Gasteiger partial charge in [0.15, 0.2) is 0 Å². The lowest BCUT2D eigenvalue weighted by molar-refractivity contribution is -0.126. The molecule has 2 fully saturated rings. The van der Waals surface area contributed by atoms with E-state index >= 15 is 0 Å². The monoisotopic (exact) mass is 255 g/mol. The molecule has 0 saturated carbocycles. The van der Waals surface area contributed by atoms with Gasteiger partial charge in [0.2, 0.25) is 11.8 Å². The van der Waals surface area contributed by atoms with Crippen molar-refractivity contribution in [3.05, 3.63) is 0 Å². The van der Waals surface area contributed by atoms with Crippen molar-refractivity contribution in [2.45, 2.75) is 31.9 Å². The number of hydrogen-bond acceptors (Lipinski definition) is 4. The van der Waals surface area contributed by atoms with E-state index in [1.54, 1.807) is 0 Å². The number of ether oxygens (including phenoxy) is 1. The standard InChI is InChI=1S/C12H21N3O3/c1-2-10-8(3-4-18-10)5-15-12(17)9-6-14-11(16)7-13-9/h8-10,13H,2-7H2,1H3,(H,14,16)(H,15,17). The maximum atomic E-state index is 11.9. The molecule has 3 unspecified atom stereocenters. The Morgan fingerprint density at radius 3 is 3.06 bits per heavy atom. The first-order chi connectivity index (χ1) is 8.70. The van der Waals surface area contributed by atoms with Crippen molar-refractivity contribution in [1.29, 1.82) is 0 Å². The number of amides is 2. The van der Waals surface area contributed by atoms with Crippen LogP contribution < -0.4 is 16.0 Å². The zero-order valence-corrected chi connectivity index (χ0v) is 10.7. The summed E-state index contributed by atoms with van der Waals surface area (Å²) in [6.45, 7) is 4.12. The molecule has 3 N–H and O–H groups in total. The Hall–Kier alpha value is -1.14. The lowest BCUT2D eigenvalue weighted by atomic mass is 9.99. The summed E-state index contributed by atoms with van der Waals surface area (Å²) in [5.41, 5.74) is 0. The normalized spacial score (nSPS) is 32.1. The fourth-order valence-corrected chi connectivity index (χ4v) is 2.48. The zero-order chi connectivity index (χ0) is 13.0. The Kier molecular flexibility index (Phi) is 4.54. The molecule has 2 rings (SSSR count). The van der Waals surface area contributed by atoms with E-state index in [0.29, 0.717) is 19.0 Å². The first-order valence-electron chi connectivity index (χ1n) is 6.60. The molecule has 0 aromatic rings. The van der Waals surface area contributed by atoms with Crippen molar-refractivity contribution >= 4 is 11.8 Å². The van der Waals surface area contributed by atoms with Crippen LogP contribution in [-0.4, -0.2) is 50.2 Å². The molecule has 6 nitrogen and oxygen atoms in total. The van der Waals surface area contributed by atoms with E-state index in [2.05, 4.69) is 22.9 Å². The van der Waals surface area contributed by atoms with Crippen LogP contribution in [0.5, 0.6) is 0 Å². The van der Waals surface area contributed by atoms with Crippen LogP contribution in [-0.2, 0) is 14.3 Å². The van der Waals surface area contributed by atoms with Crippen molar-refractivity contribution < 1.29 is 14.3 Å². The lowest BCUT2D eigenvalue weighted by Crippen LogP contribution is -2.58. The molecule has 0 aliphatic carbocycles. The van der Waals surface area contributed by atoms with E-state index in [-0.39, 0.29) is 30.5 Å². The number of nitrogens with one attached hydrogen (secondary N) is 3. The van der Waals surface area contributed by atoms with Crippen LogP contribution in [0.25, 0.3) is 0 Å². The van der Waals surface area contributed by atoms with Crippen molar-refractivity contribution in [3.63, 3.8) is 0 Å². The third-order valence-electron chi connectivity index (χ3n) is 3.62. The topological polar surface area (TPSA) is 79.5 Å². The van der Waals surface area contributed by atoms with Gasteiger partial charge in [-0.15, -0.1) is 0 Å². The van der Waals surface area contributed by atoms with E-state index in [0.717, 1.165) is 19.4 Å². The van der Waals surface area contributed by atoms with Gasteiger partial charge in [-0.3, -0.25) is 14.9 Å². The highest BCUT2D eigenvalue weighted by Gasteiger charge is 2.29. The molecule has 2 saturated heterocycles. The minimum absolute atomic E-state index is 0.0447. The summed E-state index contributed by atoms with van der Waals surface area (Å²) in [6.07, 6.45) is 2.26. The van der Waals surface area contributed by atoms with Gasteiger partial charge in [0.1, 0.15) is 6.04 Å². The SMILES string of the molecule is CCC1OCCC1CNC(=O)C1CNC(=O)CN1. The molecule has 2 aliphatic heterocycles. The van der Waals surface area contributed by atoms with E-state index in [9.17, 15) is 9.59 Å². The average Bonchev–Trinajstić information content (AvgIpc) is 2.84. The van der Waals surface area contributed by atoms with Crippen LogP contribution in [0.15, 0.2) is 0 Å². The van der Waals surface area contributed by atoms with E-state index in [1.165, 1.54) is 0 Å². The summed E-state index contributed by atoms with van der Waals surface area (Å²) in [5.74, 6) is 0.308. The van der Waals surface area contributed by atoms with Crippen LogP contribution in [0, 0.1) is 5.92 Å². The molecule has 6 heteroatoms. The molecule has 0 aromatic carbocycles. The molecule has 2 amide bonds. The van der Waals surface area contributed by atoms with Crippen molar-refractivity contribution in [3.8, 4) is 0 Å². The molecule has 102 valence electrons. The summed E-state index contributed by atoms with van der Waals surface area (Å²) >= 11 is 0. The highest BCUT2D eigenvalue weighted by atomic mass is 16.5. The Morgan fingerprint density at radius 1 is 1.56 bits per heavy atom. The van der Waals surface area contributed by atoms with Crippen LogP contribution in [0.3, 0.4) is 0 Å². The molecule has 0 spiro atoms. The van der Waals surface area contributed by atoms with Gasteiger partial charge in [-0.05, 0) is 12.8 Å². The van der Waals surface area contributed by atoms with E-state index < -0.39 is 0 Å². The maximum Gasteiger partial charge on any atom is 0.238 e. The van der Waals surface area contributed by atoms with Gasteiger partial charge in [-0.1, -0.05) is 6.92 Å². The minimum Gasteiger partial charge on any atom is -0.378 e. The highest BCUT2D eigenvalue weighted by Crippen LogP contribution is 2.22. The van der Waals surface area contributed by atoms with Crippen molar-refractivity contribution in [2.75, 3.05) is 26.2 Å². The minimum atomic E-state index is -0.315. The quantitative estimate of drug-likeness (QED) is 0.602. The molecule has 2 heterocycles. The average molecular weight is 255 g/mol. The van der Waals surface area contributed by atoms with Gasteiger partial charge in [-0.25, -0.2) is 0 Å². The molecular formula is C12H21N3O3. The van der Waals surface area contributed by atoms with Gasteiger partial charge in [0.25, 0.3) is 0 Å². The van der Waals surface area contributed by atoms with E-state index in [1.807, 2.05) is 0 Å². The molecule has 0 aromatic heterocycles. The van der Waals surface area contributed by atoms with Gasteiger partial charge in [-0.2, -0.15) is 0 Å². The van der Waals surface area contributed by atoms with Crippen LogP contribution >= 0.6 is 0 Å². The molecule has 0 radical (unpaired) electrons. The summed E-state index contributed by atoms with van der Waals surface area (Å²) in [7, 11) is 0. The van der Waals surface area contributed by atoms with E-state index in [4.69, 9.17) is 4.74 Å². The molecule has 18 heavy (non-hydrogen) atoms. The van der Waals surface area contributed by atoms with Crippen LogP contribution in [0.1, 0.15) is 19.8 Å². The molecule has 0 bridgehead atoms. The van der Waals surface area contributed by atoms with Crippen molar-refractivity contribution in [1.82, 2.24) is 16.0 Å². The van der Waals surface area contributed by atoms with Crippen molar-refractivity contribution in [2.24, 2.45) is 5.92 Å². The Balaban J connectivity index is 1.72. The van der Waals surface area contributed by atoms with Gasteiger partial charge < -0.3 is 15.4 Å². The molecule has 2 aliphatic rings. The Bertz CT molecular complexity index is 312. The highest BCUT2D eigenvalue weighted by molar-refractivity contribution is 5.86. The smallest absolute Gasteiger partial charge is 0.238 e. The summed E-state index contributed by atoms with van der Waals surface area (Å²) < 4.78 is 5.58. The van der Waals surface area contributed by atoms with Gasteiger partial charge in [0, 0.05) is 25.6 Å². The van der Waals surface area contributed by atoms with Gasteiger partial charge in [0.05, 0.1) is 12.6 Å². The Morgan fingerprint density at radius 2 is 2.39 bits per heavy atom. The number of carbonyl (C=O) groups excluding carboxylic acids is 2. The maximum absolute atomic E-state index is 11.9. The predicted molar refractivity (Wildman–Crippen MR) is 65.9 cm³/mol. The largest absolute Gasteiger partial charge is 0.378 e. The molecular weight excluding hydrogens is 234 g/mol. The second kappa shape index (κ2) is 6.15. The lowest BCUT2D eigenvalue weighted by Gasteiger charge is -2.24. The number of piperazine rings is 1. The third kappa shape index (κ3) is 3.20. The summed E-state index contributed by atoms with van der Waals surface area (Å²) in [4.78, 5) is 22.8.